The van der Waals surface area contributed by atoms with Gasteiger partial charge in [-0.15, -0.1) is 0 Å². The number of aryl methyl sites for hydroxylation is 2. The van der Waals surface area contributed by atoms with Gasteiger partial charge in [0.2, 0.25) is 0 Å². The number of pyridine rings is 1. The standard InChI is InChI=1S/C26H19ClN4O3/c1-16-7-6-8-20(15-16)30-24(32)22(23(26(30)34)29-13-4-3-5-14-29)21-17(2)28-31(25(21)33)19-11-9-18(27)10-12-19/h3-15H,1-2H3/p+1. The molecule has 8 heteroatoms. The molecule has 0 bridgehead atoms. The third kappa shape index (κ3) is 3.47. The predicted octanol–water partition coefficient (Wildman–Crippen LogP) is 3.67. The average molecular weight is 472 g/mol. The smallest absolute Gasteiger partial charge is 0.295 e. The molecule has 1 aliphatic rings. The fourth-order valence-corrected chi connectivity index (χ4v) is 4.27. The van der Waals surface area contributed by atoms with E-state index in [4.69, 9.17) is 11.6 Å². The Bertz CT molecular complexity index is 1530. The first kappa shape index (κ1) is 21.6. The first-order valence-electron chi connectivity index (χ1n) is 10.6. The van der Waals surface area contributed by atoms with Gasteiger partial charge in [0.15, 0.2) is 12.4 Å². The van der Waals surface area contributed by atoms with Crippen LogP contribution in [0, 0.1) is 13.8 Å². The van der Waals surface area contributed by atoms with E-state index in [0.29, 0.717) is 22.1 Å². The quantitative estimate of drug-likeness (QED) is 0.364. The van der Waals surface area contributed by atoms with Crippen LogP contribution in [0.3, 0.4) is 0 Å². The third-order valence-corrected chi connectivity index (χ3v) is 5.95. The molecule has 7 nitrogen and oxygen atoms in total. The fourth-order valence-electron chi connectivity index (χ4n) is 4.15. The maximum absolute atomic E-state index is 13.8. The summed E-state index contributed by atoms with van der Waals surface area (Å²) in [6.45, 7) is 3.59. The Balaban J connectivity index is 1.74. The highest BCUT2D eigenvalue weighted by Gasteiger charge is 2.47. The van der Waals surface area contributed by atoms with Crippen molar-refractivity contribution in [2.75, 3.05) is 4.90 Å². The van der Waals surface area contributed by atoms with Crippen molar-refractivity contribution in [3.05, 3.63) is 111 Å². The molecule has 0 saturated carbocycles. The van der Waals surface area contributed by atoms with Crippen LogP contribution < -0.4 is 15.0 Å². The lowest BCUT2D eigenvalue weighted by molar-refractivity contribution is -0.576. The summed E-state index contributed by atoms with van der Waals surface area (Å²) in [5, 5.41) is 3.57. The van der Waals surface area contributed by atoms with E-state index in [-0.39, 0.29) is 16.8 Å². The van der Waals surface area contributed by atoms with Crippen molar-refractivity contribution in [1.29, 1.82) is 0 Å². The molecule has 34 heavy (non-hydrogen) atoms. The van der Waals surface area contributed by atoms with Crippen LogP contribution in [0.15, 0.2) is 83.9 Å². The fraction of sp³-hybridized carbons (Fsp3) is 0.0769. The van der Waals surface area contributed by atoms with Gasteiger partial charge in [0.25, 0.3) is 17.2 Å². The second-order valence-corrected chi connectivity index (χ2v) is 8.46. The van der Waals surface area contributed by atoms with Crippen molar-refractivity contribution in [1.82, 2.24) is 9.78 Å². The summed E-state index contributed by atoms with van der Waals surface area (Å²) < 4.78 is 2.91. The van der Waals surface area contributed by atoms with Crippen LogP contribution in [0.5, 0.6) is 0 Å². The number of amides is 2. The predicted molar refractivity (Wildman–Crippen MR) is 130 cm³/mol. The number of imide groups is 1. The van der Waals surface area contributed by atoms with Gasteiger partial charge in [0.1, 0.15) is 5.57 Å². The van der Waals surface area contributed by atoms with Gasteiger partial charge in [-0.05, 0) is 55.8 Å². The number of hydrogen-bond acceptors (Lipinski definition) is 3. The zero-order valence-electron chi connectivity index (χ0n) is 18.4. The summed E-state index contributed by atoms with van der Waals surface area (Å²) in [5.74, 6) is -1.05. The highest BCUT2D eigenvalue weighted by atomic mass is 35.5. The molecule has 0 aliphatic carbocycles. The number of aromatic nitrogens is 3. The topological polar surface area (TPSA) is 79.1 Å². The van der Waals surface area contributed by atoms with Crippen molar-refractivity contribution >= 4 is 40.4 Å². The van der Waals surface area contributed by atoms with E-state index in [1.165, 1.54) is 4.68 Å². The van der Waals surface area contributed by atoms with Crippen molar-refractivity contribution in [2.45, 2.75) is 13.8 Å². The molecule has 0 spiro atoms. The van der Waals surface area contributed by atoms with Crippen LogP contribution in [-0.4, -0.2) is 21.6 Å². The van der Waals surface area contributed by atoms with Gasteiger partial charge in [0.05, 0.1) is 16.9 Å². The number of H-pyrrole nitrogens is 1. The lowest BCUT2D eigenvalue weighted by Gasteiger charge is -2.14. The van der Waals surface area contributed by atoms with E-state index in [0.717, 1.165) is 10.5 Å². The molecule has 0 unspecified atom stereocenters. The molecule has 2 amide bonds. The number of carbonyl (C=O) groups is 2. The Morgan fingerprint density at radius 3 is 2.21 bits per heavy atom. The molecule has 1 aliphatic heterocycles. The molecule has 168 valence electrons. The van der Waals surface area contributed by atoms with E-state index in [1.807, 2.05) is 19.1 Å². The Morgan fingerprint density at radius 1 is 0.824 bits per heavy atom. The number of benzene rings is 2. The monoisotopic (exact) mass is 471 g/mol. The molecule has 0 radical (unpaired) electrons. The molecular formula is C26H20ClN4O3+. The van der Waals surface area contributed by atoms with Crippen molar-refractivity contribution in [3.63, 3.8) is 0 Å². The van der Waals surface area contributed by atoms with Crippen LogP contribution >= 0.6 is 11.6 Å². The van der Waals surface area contributed by atoms with Gasteiger partial charge in [-0.25, -0.2) is 9.58 Å². The van der Waals surface area contributed by atoms with Gasteiger partial charge in [0, 0.05) is 22.8 Å². The zero-order chi connectivity index (χ0) is 24.0. The molecule has 1 N–H and O–H groups in total. The van der Waals surface area contributed by atoms with Crippen molar-refractivity contribution in [2.24, 2.45) is 0 Å². The number of carbonyl (C=O) groups excluding carboxylic acids is 2. The number of anilines is 1. The molecule has 2 aromatic heterocycles. The van der Waals surface area contributed by atoms with Crippen molar-refractivity contribution < 1.29 is 14.2 Å². The lowest BCUT2D eigenvalue weighted by Crippen LogP contribution is -2.39. The summed E-state index contributed by atoms with van der Waals surface area (Å²) >= 11 is 5.99. The Morgan fingerprint density at radius 2 is 1.53 bits per heavy atom. The normalized spacial score (nSPS) is 13.8. The van der Waals surface area contributed by atoms with Crippen LogP contribution in [-0.2, 0) is 9.59 Å². The minimum absolute atomic E-state index is 0.0502. The molecule has 5 rings (SSSR count). The van der Waals surface area contributed by atoms with Crippen LogP contribution in [0.25, 0.3) is 17.0 Å². The molecular weight excluding hydrogens is 452 g/mol. The molecule has 2 aromatic carbocycles. The van der Waals surface area contributed by atoms with Crippen LogP contribution in [0.4, 0.5) is 5.69 Å². The minimum Gasteiger partial charge on any atom is -0.295 e. The SMILES string of the molecule is Cc1cccc(N2C(=O)C(c3c(C)[nH]n(-c4ccc(Cl)cc4)c3=O)=C([n+]3ccccc3)C2=O)c1. The van der Waals surface area contributed by atoms with Gasteiger partial charge in [-0.1, -0.05) is 29.8 Å². The zero-order valence-corrected chi connectivity index (χ0v) is 19.2. The van der Waals surface area contributed by atoms with Gasteiger partial charge < -0.3 is 0 Å². The maximum atomic E-state index is 13.8. The van der Waals surface area contributed by atoms with E-state index in [1.54, 1.807) is 78.5 Å². The van der Waals surface area contributed by atoms with E-state index in [2.05, 4.69) is 5.10 Å². The van der Waals surface area contributed by atoms with Crippen LogP contribution in [0.1, 0.15) is 16.8 Å². The number of nitrogens with zero attached hydrogens (tertiary/aromatic N) is 3. The molecule has 3 heterocycles. The highest BCUT2D eigenvalue weighted by molar-refractivity contribution is 6.53. The second-order valence-electron chi connectivity index (χ2n) is 8.02. The molecule has 4 aromatic rings. The van der Waals surface area contributed by atoms with E-state index >= 15 is 0 Å². The first-order chi connectivity index (χ1) is 16.4. The van der Waals surface area contributed by atoms with Crippen LogP contribution in [0.2, 0.25) is 5.02 Å². The van der Waals surface area contributed by atoms with Gasteiger partial charge in [-0.3, -0.25) is 19.5 Å². The summed E-state index contributed by atoms with van der Waals surface area (Å²) in [5.41, 5.74) is 2.27. The summed E-state index contributed by atoms with van der Waals surface area (Å²) in [6, 6.07) is 19.2. The molecule has 0 saturated heterocycles. The summed E-state index contributed by atoms with van der Waals surface area (Å²) in [6.07, 6.45) is 3.36. The minimum atomic E-state index is -0.551. The third-order valence-electron chi connectivity index (χ3n) is 5.70. The summed E-state index contributed by atoms with van der Waals surface area (Å²) in [4.78, 5) is 42.1. The number of hydrogen-bond donors (Lipinski definition) is 1. The van der Waals surface area contributed by atoms with Crippen molar-refractivity contribution in [3.8, 4) is 5.69 Å². The molecule has 0 fully saturated rings. The van der Waals surface area contributed by atoms with E-state index < -0.39 is 17.4 Å². The average Bonchev–Trinajstić information content (AvgIpc) is 3.25. The summed E-state index contributed by atoms with van der Waals surface area (Å²) in [7, 11) is 0. The number of halogens is 1. The van der Waals surface area contributed by atoms with Gasteiger partial charge in [-0.2, -0.15) is 4.57 Å². The lowest BCUT2D eigenvalue weighted by atomic mass is 10.1. The Labute approximate surface area is 200 Å². The Hall–Kier alpha value is -4.23. The first-order valence-corrected chi connectivity index (χ1v) is 11.0. The second kappa shape index (κ2) is 8.28. The maximum Gasteiger partial charge on any atom is 0.331 e. The number of aromatic amines is 1. The molecule has 0 atom stereocenters. The largest absolute Gasteiger partial charge is 0.331 e. The number of rotatable bonds is 4. The highest BCUT2D eigenvalue weighted by Crippen LogP contribution is 2.33. The number of nitrogens with one attached hydrogen (secondary N) is 1. The van der Waals surface area contributed by atoms with Gasteiger partial charge >= 0.3 is 5.91 Å². The van der Waals surface area contributed by atoms with E-state index in [9.17, 15) is 14.4 Å². The Kier molecular flexibility index (Phi) is 5.26.